The molecule has 0 radical (unpaired) electrons. The SMILES string of the molecule is Cc1cc(NC(=O)CSCC(=O)O[C@@H](C)C(=O)Nc2c(C)n(C)n(-c3ccccc3)c2=O)no1. The normalized spacial score (nSPS) is 11.6. The highest BCUT2D eigenvalue weighted by molar-refractivity contribution is 8.00. The van der Waals surface area contributed by atoms with Crippen LogP contribution in [0.25, 0.3) is 5.69 Å². The smallest absolute Gasteiger partial charge is 0.316 e. The molecule has 3 rings (SSSR count). The summed E-state index contributed by atoms with van der Waals surface area (Å²) in [6.45, 7) is 4.81. The van der Waals surface area contributed by atoms with Gasteiger partial charge in [0, 0.05) is 13.1 Å². The Morgan fingerprint density at radius 2 is 1.85 bits per heavy atom. The van der Waals surface area contributed by atoms with Gasteiger partial charge in [-0.05, 0) is 32.9 Å². The number of amides is 2. The van der Waals surface area contributed by atoms with E-state index in [2.05, 4.69) is 15.8 Å². The van der Waals surface area contributed by atoms with Crippen LogP contribution >= 0.6 is 11.8 Å². The minimum Gasteiger partial charge on any atom is -0.452 e. The van der Waals surface area contributed by atoms with Gasteiger partial charge >= 0.3 is 5.97 Å². The van der Waals surface area contributed by atoms with Crippen molar-refractivity contribution in [3.05, 3.63) is 58.2 Å². The molecule has 0 spiro atoms. The van der Waals surface area contributed by atoms with Crippen molar-refractivity contribution in [2.45, 2.75) is 26.9 Å². The Morgan fingerprint density at radius 1 is 1.15 bits per heavy atom. The molecule has 2 amide bonds. The quantitative estimate of drug-likeness (QED) is 0.437. The summed E-state index contributed by atoms with van der Waals surface area (Å²) in [4.78, 5) is 49.4. The summed E-state index contributed by atoms with van der Waals surface area (Å²) in [7, 11) is 1.71. The second-order valence-electron chi connectivity index (χ2n) is 7.42. The molecule has 0 aliphatic heterocycles. The number of aryl methyl sites for hydroxylation is 1. The van der Waals surface area contributed by atoms with Crippen molar-refractivity contribution in [2.75, 3.05) is 22.1 Å². The van der Waals surface area contributed by atoms with Crippen LogP contribution in [-0.2, 0) is 26.2 Å². The van der Waals surface area contributed by atoms with E-state index in [-0.39, 0.29) is 23.1 Å². The molecule has 12 heteroatoms. The Hall–Kier alpha value is -3.80. The van der Waals surface area contributed by atoms with Crippen LogP contribution in [0, 0.1) is 13.8 Å². The van der Waals surface area contributed by atoms with E-state index in [1.807, 2.05) is 6.07 Å². The lowest BCUT2D eigenvalue weighted by atomic mass is 10.3. The number of nitrogens with one attached hydrogen (secondary N) is 2. The van der Waals surface area contributed by atoms with Crippen LogP contribution < -0.4 is 16.2 Å². The molecule has 11 nitrogen and oxygen atoms in total. The summed E-state index contributed by atoms with van der Waals surface area (Å²) in [5.41, 5.74) is 0.901. The van der Waals surface area contributed by atoms with E-state index in [9.17, 15) is 19.2 Å². The zero-order valence-electron chi connectivity index (χ0n) is 19.2. The maximum Gasteiger partial charge on any atom is 0.316 e. The number of carbonyl (C=O) groups is 3. The second-order valence-corrected chi connectivity index (χ2v) is 8.41. The minimum atomic E-state index is -1.13. The van der Waals surface area contributed by atoms with Gasteiger partial charge in [0.25, 0.3) is 11.5 Å². The van der Waals surface area contributed by atoms with Gasteiger partial charge in [-0.3, -0.25) is 23.9 Å². The van der Waals surface area contributed by atoms with Crippen LogP contribution in [0.1, 0.15) is 18.4 Å². The molecule has 1 aromatic carbocycles. The lowest BCUT2D eigenvalue weighted by Crippen LogP contribution is -2.32. The number of aromatic nitrogens is 3. The van der Waals surface area contributed by atoms with Crippen molar-refractivity contribution >= 4 is 41.1 Å². The summed E-state index contributed by atoms with van der Waals surface area (Å²) in [6.07, 6.45) is -1.13. The molecule has 3 aromatic rings. The minimum absolute atomic E-state index is 0.0101. The molecular formula is C22H25N5O6S. The molecule has 0 unspecified atom stereocenters. The van der Waals surface area contributed by atoms with Crippen LogP contribution in [0.2, 0.25) is 0 Å². The van der Waals surface area contributed by atoms with Gasteiger partial charge in [-0.1, -0.05) is 23.4 Å². The summed E-state index contributed by atoms with van der Waals surface area (Å²) >= 11 is 1.03. The Morgan fingerprint density at radius 3 is 2.50 bits per heavy atom. The van der Waals surface area contributed by atoms with Crippen molar-refractivity contribution in [1.29, 1.82) is 0 Å². The van der Waals surface area contributed by atoms with Gasteiger partial charge < -0.3 is 19.9 Å². The zero-order chi connectivity index (χ0) is 24.8. The van der Waals surface area contributed by atoms with Crippen molar-refractivity contribution in [3.63, 3.8) is 0 Å². The van der Waals surface area contributed by atoms with Crippen molar-refractivity contribution in [2.24, 2.45) is 7.05 Å². The van der Waals surface area contributed by atoms with E-state index in [4.69, 9.17) is 9.26 Å². The Labute approximate surface area is 199 Å². The van der Waals surface area contributed by atoms with E-state index in [1.54, 1.807) is 55.9 Å². The van der Waals surface area contributed by atoms with Crippen LogP contribution in [0.5, 0.6) is 0 Å². The number of thioether (sulfide) groups is 1. The maximum atomic E-state index is 12.9. The fraction of sp³-hybridized carbons (Fsp3) is 0.318. The molecule has 1 atom stereocenters. The van der Waals surface area contributed by atoms with Crippen LogP contribution in [0.3, 0.4) is 0 Å². The van der Waals surface area contributed by atoms with E-state index in [0.29, 0.717) is 23.0 Å². The highest BCUT2D eigenvalue weighted by atomic mass is 32.2. The van der Waals surface area contributed by atoms with Gasteiger partial charge in [-0.15, -0.1) is 11.8 Å². The second kappa shape index (κ2) is 10.9. The number of ether oxygens (including phenoxy) is 1. The zero-order valence-corrected chi connectivity index (χ0v) is 20.0. The number of benzene rings is 1. The average Bonchev–Trinajstić information content (AvgIpc) is 3.29. The number of para-hydroxylation sites is 1. The molecule has 34 heavy (non-hydrogen) atoms. The monoisotopic (exact) mass is 487 g/mol. The molecule has 180 valence electrons. The molecule has 0 aliphatic rings. The van der Waals surface area contributed by atoms with Crippen molar-refractivity contribution in [3.8, 4) is 5.69 Å². The largest absolute Gasteiger partial charge is 0.452 e. The van der Waals surface area contributed by atoms with Gasteiger partial charge in [0.15, 0.2) is 11.9 Å². The number of carbonyl (C=O) groups excluding carboxylic acids is 3. The van der Waals surface area contributed by atoms with Gasteiger partial charge in [0.2, 0.25) is 5.91 Å². The molecule has 0 saturated carbocycles. The maximum absolute atomic E-state index is 12.9. The highest BCUT2D eigenvalue weighted by Gasteiger charge is 2.23. The lowest BCUT2D eigenvalue weighted by Gasteiger charge is -2.12. The lowest BCUT2D eigenvalue weighted by molar-refractivity contribution is -0.150. The van der Waals surface area contributed by atoms with Gasteiger partial charge in [0.1, 0.15) is 11.4 Å². The first kappa shape index (κ1) is 24.8. The average molecular weight is 488 g/mol. The third-order valence-corrected chi connectivity index (χ3v) is 5.73. The number of esters is 1. The fourth-order valence-electron chi connectivity index (χ4n) is 3.05. The number of nitrogens with zero attached hydrogens (tertiary/aromatic N) is 3. The molecule has 2 N–H and O–H groups in total. The van der Waals surface area contributed by atoms with E-state index >= 15 is 0 Å². The van der Waals surface area contributed by atoms with Crippen LogP contribution in [0.4, 0.5) is 11.5 Å². The van der Waals surface area contributed by atoms with Gasteiger partial charge in [-0.25, -0.2) is 4.68 Å². The first-order valence-corrected chi connectivity index (χ1v) is 11.5. The Bertz CT molecular complexity index is 1250. The van der Waals surface area contributed by atoms with Gasteiger partial charge in [0.05, 0.1) is 22.9 Å². The molecule has 0 bridgehead atoms. The van der Waals surface area contributed by atoms with Gasteiger partial charge in [-0.2, -0.15) is 0 Å². The number of hydrogen-bond acceptors (Lipinski definition) is 8. The number of hydrogen-bond donors (Lipinski definition) is 2. The number of anilines is 2. The third-order valence-electron chi connectivity index (χ3n) is 4.83. The summed E-state index contributed by atoms with van der Waals surface area (Å²) in [5.74, 6) is -0.946. The summed E-state index contributed by atoms with van der Waals surface area (Å²) < 4.78 is 13.1. The van der Waals surface area contributed by atoms with Crippen LogP contribution in [0.15, 0.2) is 45.7 Å². The number of rotatable bonds is 9. The van der Waals surface area contributed by atoms with E-state index in [0.717, 1.165) is 11.8 Å². The molecule has 2 heterocycles. The molecule has 2 aromatic heterocycles. The standard InChI is InChI=1S/C22H25N5O6S/c1-13-10-17(25-33-13)23-18(28)11-34-12-19(29)32-15(3)21(30)24-20-14(2)26(4)27(22(20)31)16-8-6-5-7-9-16/h5-10,15H,11-12H2,1-4H3,(H,24,30)(H,23,25,28)/t15-/m0/s1. The molecule has 0 saturated heterocycles. The fourth-order valence-corrected chi connectivity index (χ4v) is 3.65. The predicted molar refractivity (Wildman–Crippen MR) is 127 cm³/mol. The first-order valence-electron chi connectivity index (χ1n) is 10.3. The third kappa shape index (κ3) is 5.95. The van der Waals surface area contributed by atoms with Crippen LogP contribution in [-0.4, -0.2) is 49.9 Å². The molecular weight excluding hydrogens is 462 g/mol. The van der Waals surface area contributed by atoms with Crippen molar-refractivity contribution < 1.29 is 23.6 Å². The van der Waals surface area contributed by atoms with E-state index in [1.165, 1.54) is 11.6 Å². The van der Waals surface area contributed by atoms with Crippen molar-refractivity contribution in [1.82, 2.24) is 14.5 Å². The molecule has 0 fully saturated rings. The molecule has 0 aliphatic carbocycles. The highest BCUT2D eigenvalue weighted by Crippen LogP contribution is 2.15. The first-order chi connectivity index (χ1) is 16.2. The Balaban J connectivity index is 1.51. The Kier molecular flexibility index (Phi) is 7.95. The summed E-state index contributed by atoms with van der Waals surface area (Å²) in [5, 5.41) is 8.75. The topological polar surface area (TPSA) is 137 Å². The summed E-state index contributed by atoms with van der Waals surface area (Å²) in [6, 6.07) is 10.6. The van der Waals surface area contributed by atoms with E-state index < -0.39 is 23.5 Å². The predicted octanol–water partition coefficient (Wildman–Crippen LogP) is 2.02.